The number of aromatic nitrogens is 4. The fourth-order valence-electron chi connectivity index (χ4n) is 8.84. The lowest BCUT2D eigenvalue weighted by atomic mass is 9.92. The van der Waals surface area contributed by atoms with Gasteiger partial charge in [0.05, 0.1) is 15.9 Å². The Labute approximate surface area is 356 Å². The van der Waals surface area contributed by atoms with Gasteiger partial charge in [-0.05, 0) is 74.1 Å². The minimum Gasteiger partial charge on any atom is -0.246 e. The van der Waals surface area contributed by atoms with Crippen LogP contribution in [0.15, 0.2) is 206 Å². The van der Waals surface area contributed by atoms with E-state index in [1.54, 1.807) is 0 Å². The van der Waals surface area contributed by atoms with Gasteiger partial charge in [-0.3, -0.25) is 0 Å². The summed E-state index contributed by atoms with van der Waals surface area (Å²) in [6.07, 6.45) is 0. The quantitative estimate of drug-likeness (QED) is 0.157. The zero-order chi connectivity index (χ0) is 40.3. The third kappa shape index (κ3) is 6.05. The summed E-state index contributed by atoms with van der Waals surface area (Å²) >= 11 is 1.84. The van der Waals surface area contributed by atoms with Crippen molar-refractivity contribution in [1.82, 2.24) is 19.9 Å². The van der Waals surface area contributed by atoms with E-state index in [0.29, 0.717) is 17.5 Å². The Balaban J connectivity index is 1.02. The maximum atomic E-state index is 5.59. The molecule has 0 bridgehead atoms. The molecular weight excluding hydrogens is 761 g/mol. The summed E-state index contributed by atoms with van der Waals surface area (Å²) in [5.41, 5.74) is 10.5. The monoisotopic (exact) mass is 794 g/mol. The number of hydrogen-bond acceptors (Lipinski definition) is 5. The Bertz CT molecular complexity index is 3590. The van der Waals surface area contributed by atoms with Crippen LogP contribution < -0.4 is 0 Å². The molecule has 9 aromatic carbocycles. The summed E-state index contributed by atoms with van der Waals surface area (Å²) in [5, 5.41) is 8.59. The van der Waals surface area contributed by atoms with Crippen molar-refractivity contribution in [3.8, 4) is 67.7 Å². The van der Waals surface area contributed by atoms with Gasteiger partial charge in [0.2, 0.25) is 0 Å². The van der Waals surface area contributed by atoms with E-state index < -0.39 is 0 Å². The number of rotatable bonds is 6. The maximum Gasteiger partial charge on any atom is 0.164 e. The molecule has 0 atom stereocenters. The average molecular weight is 795 g/mol. The summed E-state index contributed by atoms with van der Waals surface area (Å²) < 4.78 is 2.45. The van der Waals surface area contributed by atoms with Crippen molar-refractivity contribution in [2.24, 2.45) is 0 Å². The van der Waals surface area contributed by atoms with Gasteiger partial charge in [0.1, 0.15) is 0 Å². The highest BCUT2D eigenvalue weighted by molar-refractivity contribution is 7.26. The Kier molecular flexibility index (Phi) is 8.32. The predicted molar refractivity (Wildman–Crippen MR) is 256 cm³/mol. The van der Waals surface area contributed by atoms with E-state index in [1.165, 1.54) is 47.1 Å². The number of pyridine rings is 1. The SMILES string of the molecule is c1ccc(-c2nc(-c3ccccc3)nc(-c3cccc(-c4cccc(-c5cccc6nc(-c7cc8ccccc8c8ccccc78)c7sc8ccccc8c7c56)c4)c3)n2)cc1. The topological polar surface area (TPSA) is 51.6 Å². The molecule has 0 saturated heterocycles. The van der Waals surface area contributed by atoms with Gasteiger partial charge < -0.3 is 0 Å². The predicted octanol–water partition coefficient (Wildman–Crippen LogP) is 15.1. The van der Waals surface area contributed by atoms with Crippen molar-refractivity contribution < 1.29 is 0 Å². The number of hydrogen-bond donors (Lipinski definition) is 0. The van der Waals surface area contributed by atoms with E-state index in [0.717, 1.165) is 55.7 Å². The molecule has 0 saturated carbocycles. The van der Waals surface area contributed by atoms with Crippen molar-refractivity contribution >= 4 is 64.0 Å². The molecule has 3 heterocycles. The second-order valence-corrected chi connectivity index (χ2v) is 16.4. The first kappa shape index (κ1) is 35.1. The summed E-state index contributed by atoms with van der Waals surface area (Å²) in [4.78, 5) is 20.5. The van der Waals surface area contributed by atoms with Crippen LogP contribution in [0.1, 0.15) is 0 Å². The van der Waals surface area contributed by atoms with Crippen LogP contribution in [0, 0.1) is 0 Å². The molecule has 12 aromatic rings. The van der Waals surface area contributed by atoms with Crippen LogP contribution in [0.25, 0.3) is 120 Å². The molecule has 4 nitrogen and oxygen atoms in total. The Morgan fingerprint density at radius 3 is 1.56 bits per heavy atom. The second kappa shape index (κ2) is 14.5. The highest BCUT2D eigenvalue weighted by atomic mass is 32.1. The lowest BCUT2D eigenvalue weighted by Crippen LogP contribution is -2.00. The van der Waals surface area contributed by atoms with Crippen molar-refractivity contribution in [3.63, 3.8) is 0 Å². The molecule has 0 fully saturated rings. The summed E-state index contributed by atoms with van der Waals surface area (Å²) in [5.74, 6) is 1.92. The number of fused-ring (bicyclic) bond motifs is 8. The molecule has 61 heavy (non-hydrogen) atoms. The van der Waals surface area contributed by atoms with Crippen molar-refractivity contribution in [3.05, 3.63) is 206 Å². The van der Waals surface area contributed by atoms with Crippen molar-refractivity contribution in [1.29, 1.82) is 0 Å². The number of thiophene rings is 1. The molecule has 0 radical (unpaired) electrons. The first-order valence-corrected chi connectivity index (χ1v) is 21.3. The molecule has 5 heteroatoms. The summed E-state index contributed by atoms with van der Waals surface area (Å²) in [6, 6.07) is 72.7. The molecule has 12 rings (SSSR count). The van der Waals surface area contributed by atoms with Crippen molar-refractivity contribution in [2.75, 3.05) is 0 Å². The normalized spacial score (nSPS) is 11.6. The van der Waals surface area contributed by atoms with Gasteiger partial charge in [-0.15, -0.1) is 11.3 Å². The molecule has 0 N–H and O–H groups in total. The van der Waals surface area contributed by atoms with Crippen LogP contribution in [0.2, 0.25) is 0 Å². The zero-order valence-electron chi connectivity index (χ0n) is 32.8. The van der Waals surface area contributed by atoms with Gasteiger partial charge in [0, 0.05) is 43.1 Å². The van der Waals surface area contributed by atoms with E-state index in [2.05, 4.69) is 146 Å². The standard InChI is InChI=1S/C56H34N4S/c1-3-16-35(17-4-1)54-58-55(36-18-5-2-6-19-36)60-56(59-54)41-24-14-22-38(33-41)37-21-13-23-39(32-37)43-29-15-30-48-50(43)51-46-28-11-12-31-49(46)61-53(51)52(57-48)47-34-40-20-7-8-25-42(40)44-26-9-10-27-45(44)47/h1-34H. The molecular formula is C56H34N4S. The third-order valence-corrected chi connectivity index (χ3v) is 12.9. The highest BCUT2D eigenvalue weighted by Gasteiger charge is 2.21. The van der Waals surface area contributed by atoms with Gasteiger partial charge in [-0.1, -0.05) is 176 Å². The van der Waals surface area contributed by atoms with E-state index in [4.69, 9.17) is 19.9 Å². The van der Waals surface area contributed by atoms with E-state index in [-0.39, 0.29) is 0 Å². The van der Waals surface area contributed by atoms with E-state index in [9.17, 15) is 0 Å². The number of benzene rings is 9. The molecule has 0 spiro atoms. The Hall–Kier alpha value is -7.86. The third-order valence-electron chi connectivity index (χ3n) is 11.7. The molecule has 0 aliphatic rings. The summed E-state index contributed by atoms with van der Waals surface area (Å²) in [6.45, 7) is 0. The summed E-state index contributed by atoms with van der Waals surface area (Å²) in [7, 11) is 0. The van der Waals surface area contributed by atoms with Gasteiger partial charge >= 0.3 is 0 Å². The largest absolute Gasteiger partial charge is 0.246 e. The van der Waals surface area contributed by atoms with E-state index >= 15 is 0 Å². The van der Waals surface area contributed by atoms with Gasteiger partial charge in [0.25, 0.3) is 0 Å². The van der Waals surface area contributed by atoms with Crippen LogP contribution in [0.4, 0.5) is 0 Å². The molecule has 0 aliphatic heterocycles. The maximum absolute atomic E-state index is 5.59. The highest BCUT2D eigenvalue weighted by Crippen LogP contribution is 2.47. The minimum absolute atomic E-state index is 0.632. The van der Waals surface area contributed by atoms with Gasteiger partial charge in [-0.2, -0.15) is 0 Å². The molecule has 0 amide bonds. The molecule has 0 unspecified atom stereocenters. The van der Waals surface area contributed by atoms with Crippen LogP contribution in [-0.4, -0.2) is 19.9 Å². The second-order valence-electron chi connectivity index (χ2n) is 15.4. The fourth-order valence-corrected chi connectivity index (χ4v) is 10.1. The van der Waals surface area contributed by atoms with Crippen LogP contribution in [0.5, 0.6) is 0 Å². The van der Waals surface area contributed by atoms with Gasteiger partial charge in [0.15, 0.2) is 17.5 Å². The Morgan fingerprint density at radius 2 is 0.836 bits per heavy atom. The fraction of sp³-hybridized carbons (Fsp3) is 0. The average Bonchev–Trinajstić information content (AvgIpc) is 3.74. The molecule has 3 aromatic heterocycles. The zero-order valence-corrected chi connectivity index (χ0v) is 33.6. The Morgan fingerprint density at radius 1 is 0.311 bits per heavy atom. The van der Waals surface area contributed by atoms with Gasteiger partial charge in [-0.25, -0.2) is 19.9 Å². The number of nitrogens with zero attached hydrogens (tertiary/aromatic N) is 4. The lowest BCUT2D eigenvalue weighted by Gasteiger charge is -2.15. The van der Waals surface area contributed by atoms with Crippen LogP contribution >= 0.6 is 11.3 Å². The van der Waals surface area contributed by atoms with Crippen LogP contribution in [0.3, 0.4) is 0 Å². The smallest absolute Gasteiger partial charge is 0.164 e. The minimum atomic E-state index is 0.632. The first-order valence-electron chi connectivity index (χ1n) is 20.5. The first-order chi connectivity index (χ1) is 30.2. The van der Waals surface area contributed by atoms with E-state index in [1.807, 2.05) is 72.0 Å². The molecule has 284 valence electrons. The molecule has 0 aliphatic carbocycles. The van der Waals surface area contributed by atoms with Crippen molar-refractivity contribution in [2.45, 2.75) is 0 Å². The lowest BCUT2D eigenvalue weighted by molar-refractivity contribution is 1.07. The van der Waals surface area contributed by atoms with Crippen LogP contribution in [-0.2, 0) is 0 Å².